The first-order chi connectivity index (χ1) is 17.4. The molecule has 1 aromatic carbocycles. The lowest BCUT2D eigenvalue weighted by atomic mass is 10.1. The number of methoxy groups -OCH3 is 1. The number of carbonyl (C=O) groups is 2. The fourth-order valence-electron chi connectivity index (χ4n) is 4.50. The second-order valence-electron chi connectivity index (χ2n) is 9.40. The number of nitrogens with one attached hydrogen (secondary N) is 2. The van der Waals surface area contributed by atoms with Gasteiger partial charge in [0.15, 0.2) is 0 Å². The molecule has 9 nitrogen and oxygen atoms in total. The molecule has 9 heteroatoms. The number of aromatic amines is 1. The summed E-state index contributed by atoms with van der Waals surface area (Å²) in [5.74, 6) is 0.686. The molecular formula is C27H35N5O4. The highest BCUT2D eigenvalue weighted by atomic mass is 16.5. The van der Waals surface area contributed by atoms with Gasteiger partial charge < -0.3 is 24.5 Å². The van der Waals surface area contributed by atoms with Crippen LogP contribution in [0.15, 0.2) is 35.4 Å². The lowest BCUT2D eigenvalue weighted by Gasteiger charge is -2.22. The number of aromatic nitrogens is 3. The van der Waals surface area contributed by atoms with E-state index in [1.54, 1.807) is 24.4 Å². The normalized spacial score (nSPS) is 14.9. The second-order valence-corrected chi connectivity index (χ2v) is 9.40. The number of pyridine rings is 1. The van der Waals surface area contributed by atoms with Crippen molar-refractivity contribution >= 4 is 22.8 Å². The van der Waals surface area contributed by atoms with Crippen molar-refractivity contribution in [2.75, 3.05) is 26.7 Å². The van der Waals surface area contributed by atoms with Crippen molar-refractivity contribution in [3.05, 3.63) is 57.8 Å². The maximum absolute atomic E-state index is 13.3. The van der Waals surface area contributed by atoms with Crippen LogP contribution in [-0.2, 0) is 6.42 Å². The number of benzene rings is 1. The van der Waals surface area contributed by atoms with Gasteiger partial charge in [-0.3, -0.25) is 14.4 Å². The summed E-state index contributed by atoms with van der Waals surface area (Å²) in [5, 5.41) is 2.83. The molecule has 1 unspecified atom stereocenters. The van der Waals surface area contributed by atoms with Crippen molar-refractivity contribution in [1.82, 2.24) is 24.8 Å². The molecule has 1 fully saturated rings. The van der Waals surface area contributed by atoms with Gasteiger partial charge in [-0.25, -0.2) is 4.98 Å². The number of carbonyl (C=O) groups excluding carboxylic acids is 2. The number of ether oxygens (including phenoxy) is 1. The highest BCUT2D eigenvalue weighted by molar-refractivity contribution is 5.99. The van der Waals surface area contributed by atoms with Crippen LogP contribution in [0, 0.1) is 0 Å². The van der Waals surface area contributed by atoms with Gasteiger partial charge in [0, 0.05) is 50.6 Å². The lowest BCUT2D eigenvalue weighted by Crippen LogP contribution is -2.38. The van der Waals surface area contributed by atoms with E-state index in [2.05, 4.69) is 15.3 Å². The Hall–Kier alpha value is -3.62. The first-order valence-corrected chi connectivity index (χ1v) is 12.8. The van der Waals surface area contributed by atoms with Crippen molar-refractivity contribution < 1.29 is 14.3 Å². The van der Waals surface area contributed by atoms with Crippen LogP contribution >= 0.6 is 0 Å². The van der Waals surface area contributed by atoms with E-state index in [0.29, 0.717) is 26.1 Å². The number of likely N-dealkylation sites (tertiary alicyclic amines) is 1. The van der Waals surface area contributed by atoms with E-state index in [0.717, 1.165) is 54.7 Å². The van der Waals surface area contributed by atoms with Gasteiger partial charge in [0.25, 0.3) is 11.8 Å². The SMILES string of the molecule is CCC(C)n1cc(C(=O)NCCc2nc3ccc(OC)cc3[nH]2)c(=O)c(C(=O)N2CCCCCC2)c1. The standard InChI is InChI=1S/C27H35N5O4/c1-4-18(2)32-16-20(25(33)21(17-32)27(35)31-13-7-5-6-8-14-31)26(34)28-12-11-24-29-22-10-9-19(36-3)15-23(22)30-24/h9-10,15-18H,4-8,11-14H2,1-3H3,(H,28,34)(H,29,30). The number of hydrogen-bond acceptors (Lipinski definition) is 5. The predicted molar refractivity (Wildman–Crippen MR) is 139 cm³/mol. The minimum Gasteiger partial charge on any atom is -0.497 e. The summed E-state index contributed by atoms with van der Waals surface area (Å²) in [6.07, 6.45) is 8.48. The van der Waals surface area contributed by atoms with E-state index in [9.17, 15) is 14.4 Å². The number of hydrogen-bond donors (Lipinski definition) is 2. The number of rotatable bonds is 8. The van der Waals surface area contributed by atoms with Crippen molar-refractivity contribution in [1.29, 1.82) is 0 Å². The molecule has 2 aromatic heterocycles. The highest BCUT2D eigenvalue weighted by Crippen LogP contribution is 2.19. The average Bonchev–Trinajstić information content (AvgIpc) is 3.09. The summed E-state index contributed by atoms with van der Waals surface area (Å²) >= 11 is 0. The molecule has 0 aliphatic carbocycles. The maximum atomic E-state index is 13.3. The Bertz CT molecular complexity index is 1290. The van der Waals surface area contributed by atoms with Gasteiger partial charge >= 0.3 is 0 Å². The fraction of sp³-hybridized carbons (Fsp3) is 0.481. The summed E-state index contributed by atoms with van der Waals surface area (Å²) in [6.45, 7) is 5.61. The van der Waals surface area contributed by atoms with Gasteiger partial charge in [-0.15, -0.1) is 0 Å². The molecular weight excluding hydrogens is 458 g/mol. The third-order valence-corrected chi connectivity index (χ3v) is 6.90. The predicted octanol–water partition coefficient (Wildman–Crippen LogP) is 3.69. The number of H-pyrrole nitrogens is 1. The number of amides is 2. The molecule has 2 amide bonds. The minimum absolute atomic E-state index is 0.00897. The molecule has 3 heterocycles. The molecule has 192 valence electrons. The molecule has 1 aliphatic rings. The molecule has 0 saturated carbocycles. The van der Waals surface area contributed by atoms with Gasteiger partial charge in [0.2, 0.25) is 5.43 Å². The Morgan fingerprint density at radius 1 is 1.14 bits per heavy atom. The molecule has 36 heavy (non-hydrogen) atoms. The van der Waals surface area contributed by atoms with E-state index in [1.165, 1.54) is 0 Å². The van der Waals surface area contributed by atoms with E-state index in [-0.39, 0.29) is 23.1 Å². The monoisotopic (exact) mass is 493 g/mol. The molecule has 0 radical (unpaired) electrons. The Balaban J connectivity index is 1.52. The van der Waals surface area contributed by atoms with Crippen LogP contribution in [0.25, 0.3) is 11.0 Å². The van der Waals surface area contributed by atoms with Crippen LogP contribution in [0.4, 0.5) is 0 Å². The third kappa shape index (κ3) is 5.61. The molecule has 1 atom stereocenters. The Kier molecular flexibility index (Phi) is 8.07. The van der Waals surface area contributed by atoms with Gasteiger partial charge in [-0.2, -0.15) is 0 Å². The zero-order valence-corrected chi connectivity index (χ0v) is 21.3. The maximum Gasteiger partial charge on any atom is 0.259 e. The summed E-state index contributed by atoms with van der Waals surface area (Å²) < 4.78 is 7.06. The number of fused-ring (bicyclic) bond motifs is 1. The van der Waals surface area contributed by atoms with Crippen LogP contribution in [0.5, 0.6) is 5.75 Å². The minimum atomic E-state index is -0.517. The molecule has 1 aliphatic heterocycles. The van der Waals surface area contributed by atoms with Gasteiger partial charge in [0.05, 0.1) is 18.1 Å². The van der Waals surface area contributed by atoms with Gasteiger partial charge in [-0.1, -0.05) is 19.8 Å². The Morgan fingerprint density at radius 3 is 2.56 bits per heavy atom. The second kappa shape index (κ2) is 11.4. The molecule has 0 bridgehead atoms. The first kappa shape index (κ1) is 25.5. The van der Waals surface area contributed by atoms with Crippen LogP contribution in [-0.4, -0.2) is 58.0 Å². The molecule has 4 rings (SSSR count). The Labute approximate surface area is 210 Å². The lowest BCUT2D eigenvalue weighted by molar-refractivity contribution is 0.0759. The molecule has 2 N–H and O–H groups in total. The van der Waals surface area contributed by atoms with E-state index in [4.69, 9.17) is 4.74 Å². The molecule has 1 saturated heterocycles. The largest absolute Gasteiger partial charge is 0.497 e. The van der Waals surface area contributed by atoms with Crippen molar-refractivity contribution in [2.45, 2.75) is 58.4 Å². The zero-order valence-electron chi connectivity index (χ0n) is 21.3. The summed E-state index contributed by atoms with van der Waals surface area (Å²) in [5.41, 5.74) is 1.21. The van der Waals surface area contributed by atoms with Gasteiger partial charge in [-0.05, 0) is 38.3 Å². The van der Waals surface area contributed by atoms with Crippen molar-refractivity contribution in [3.8, 4) is 5.75 Å². The fourth-order valence-corrected chi connectivity index (χ4v) is 4.50. The van der Waals surface area contributed by atoms with E-state index >= 15 is 0 Å². The van der Waals surface area contributed by atoms with Crippen molar-refractivity contribution in [2.24, 2.45) is 0 Å². The average molecular weight is 494 g/mol. The van der Waals surface area contributed by atoms with Crippen molar-refractivity contribution in [3.63, 3.8) is 0 Å². The third-order valence-electron chi connectivity index (χ3n) is 6.90. The summed E-state index contributed by atoms with van der Waals surface area (Å²) in [4.78, 5) is 49.2. The van der Waals surface area contributed by atoms with Crippen LogP contribution in [0.1, 0.15) is 78.5 Å². The van der Waals surface area contributed by atoms with Crippen LogP contribution in [0.3, 0.4) is 0 Å². The number of imidazole rings is 1. The van der Waals surface area contributed by atoms with E-state index in [1.807, 2.05) is 36.6 Å². The highest BCUT2D eigenvalue weighted by Gasteiger charge is 2.24. The number of nitrogens with zero attached hydrogens (tertiary/aromatic N) is 3. The summed E-state index contributed by atoms with van der Waals surface area (Å²) in [6, 6.07) is 5.63. The Morgan fingerprint density at radius 2 is 1.86 bits per heavy atom. The van der Waals surface area contributed by atoms with Crippen LogP contribution in [0.2, 0.25) is 0 Å². The smallest absolute Gasteiger partial charge is 0.259 e. The quantitative estimate of drug-likeness (QED) is 0.497. The molecule has 3 aromatic rings. The van der Waals surface area contributed by atoms with E-state index < -0.39 is 11.3 Å². The topological polar surface area (TPSA) is 109 Å². The molecule has 0 spiro atoms. The van der Waals surface area contributed by atoms with Crippen LogP contribution < -0.4 is 15.5 Å². The first-order valence-electron chi connectivity index (χ1n) is 12.8. The summed E-state index contributed by atoms with van der Waals surface area (Å²) in [7, 11) is 1.61. The van der Waals surface area contributed by atoms with Gasteiger partial charge in [0.1, 0.15) is 22.7 Å². The zero-order chi connectivity index (χ0) is 25.7.